The Kier molecular flexibility index (Phi) is 4.76. The maximum absolute atomic E-state index is 10.2. The van der Waals surface area contributed by atoms with Crippen LogP contribution in [0, 0.1) is 0 Å². The van der Waals surface area contributed by atoms with Gasteiger partial charge in [0.05, 0.1) is 0 Å². The van der Waals surface area contributed by atoms with Crippen LogP contribution in [0.1, 0.15) is 12.8 Å². The molecule has 0 fully saturated rings. The third-order valence-electron chi connectivity index (χ3n) is 0.794. The van der Waals surface area contributed by atoms with Gasteiger partial charge in [-0.1, -0.05) is 0 Å². The molecule has 0 unspecified atom stereocenters. The Hall–Kier alpha value is -0.0300. The number of hydrogen-bond donors (Lipinski definition) is 3. The Morgan fingerprint density at radius 1 is 1.45 bits per heavy atom. The SMILES string of the molecule is O=C(O)CCCSP(=O)(O)O. The lowest BCUT2D eigenvalue weighted by molar-refractivity contribution is -0.137. The smallest absolute Gasteiger partial charge is 0.383 e. The van der Waals surface area contributed by atoms with Crippen LogP contribution in [-0.2, 0) is 9.36 Å². The van der Waals surface area contributed by atoms with Gasteiger partial charge in [0.1, 0.15) is 0 Å². The molecule has 0 heterocycles. The molecule has 7 heteroatoms. The molecule has 0 rings (SSSR count). The zero-order valence-corrected chi connectivity index (χ0v) is 7.35. The van der Waals surface area contributed by atoms with E-state index in [0.29, 0.717) is 11.4 Å². The molecule has 0 saturated carbocycles. The van der Waals surface area contributed by atoms with Gasteiger partial charge in [0.25, 0.3) is 0 Å². The average Bonchev–Trinajstić information content (AvgIpc) is 1.78. The van der Waals surface area contributed by atoms with Crippen LogP contribution in [0.3, 0.4) is 0 Å². The number of carbonyl (C=O) groups is 1. The summed E-state index contributed by atoms with van der Waals surface area (Å²) >= 11 is 0.479. The zero-order valence-electron chi connectivity index (χ0n) is 5.63. The van der Waals surface area contributed by atoms with Gasteiger partial charge in [-0.2, -0.15) is 0 Å². The molecule has 0 bridgehead atoms. The summed E-state index contributed by atoms with van der Waals surface area (Å²) in [5, 5.41) is 8.14. The normalized spacial score (nSPS) is 11.5. The van der Waals surface area contributed by atoms with Gasteiger partial charge in [-0.3, -0.25) is 4.79 Å². The minimum absolute atomic E-state index is 0.0486. The molecule has 0 aromatic rings. The number of rotatable bonds is 5. The molecule has 5 nitrogen and oxygen atoms in total. The lowest BCUT2D eigenvalue weighted by Crippen LogP contribution is -1.94. The van der Waals surface area contributed by atoms with Crippen molar-refractivity contribution in [2.45, 2.75) is 12.8 Å². The van der Waals surface area contributed by atoms with Gasteiger partial charge in [-0.15, -0.1) is 0 Å². The van der Waals surface area contributed by atoms with Crippen molar-refractivity contribution < 1.29 is 24.3 Å². The topological polar surface area (TPSA) is 94.8 Å². The summed E-state index contributed by atoms with van der Waals surface area (Å²) < 4.78 is 10.2. The fourth-order valence-corrected chi connectivity index (χ4v) is 2.02. The van der Waals surface area contributed by atoms with E-state index in [9.17, 15) is 9.36 Å². The molecule has 0 aromatic heterocycles. The number of aliphatic carboxylic acids is 1. The van der Waals surface area contributed by atoms with E-state index in [1.54, 1.807) is 0 Å². The molecule has 0 atom stereocenters. The van der Waals surface area contributed by atoms with E-state index >= 15 is 0 Å². The first-order valence-electron chi connectivity index (χ1n) is 2.84. The number of carboxylic acids is 1. The van der Waals surface area contributed by atoms with Crippen molar-refractivity contribution in [2.75, 3.05) is 5.75 Å². The van der Waals surface area contributed by atoms with Crippen molar-refractivity contribution in [3.05, 3.63) is 0 Å². The second kappa shape index (κ2) is 4.77. The molecular weight excluding hydrogens is 191 g/mol. The van der Waals surface area contributed by atoms with E-state index in [1.165, 1.54) is 0 Å². The quantitative estimate of drug-likeness (QED) is 0.446. The molecule has 66 valence electrons. The van der Waals surface area contributed by atoms with Crippen LogP contribution in [0.15, 0.2) is 0 Å². The summed E-state index contributed by atoms with van der Waals surface area (Å²) in [5.74, 6) is -0.771. The second-order valence-electron chi connectivity index (χ2n) is 1.82. The first-order chi connectivity index (χ1) is 4.92. The minimum Gasteiger partial charge on any atom is -0.481 e. The molecule has 0 aliphatic heterocycles. The monoisotopic (exact) mass is 200 g/mol. The van der Waals surface area contributed by atoms with Crippen LogP contribution >= 0.6 is 18.2 Å². The minimum atomic E-state index is -4.00. The predicted octanol–water partition coefficient (Wildman–Crippen LogP) is 0.677. The van der Waals surface area contributed by atoms with Gasteiger partial charge in [-0.25, -0.2) is 4.57 Å². The summed E-state index contributed by atoms with van der Waals surface area (Å²) in [7, 11) is 0. The lowest BCUT2D eigenvalue weighted by Gasteiger charge is -2.00. The van der Waals surface area contributed by atoms with E-state index in [1.807, 2.05) is 0 Å². The average molecular weight is 200 g/mol. The molecule has 0 aliphatic rings. The van der Waals surface area contributed by atoms with Crippen LogP contribution in [0.2, 0.25) is 0 Å². The Labute approximate surface area is 67.7 Å². The van der Waals surface area contributed by atoms with Gasteiger partial charge in [-0.05, 0) is 17.8 Å². The molecule has 3 N–H and O–H groups in total. The van der Waals surface area contributed by atoms with Gasteiger partial charge in [0, 0.05) is 12.2 Å². The molecule has 0 radical (unpaired) electrons. The zero-order chi connectivity index (χ0) is 8.91. The first kappa shape index (κ1) is 11.0. The Morgan fingerprint density at radius 3 is 2.36 bits per heavy atom. The van der Waals surface area contributed by atoms with Gasteiger partial charge in [0.2, 0.25) is 0 Å². The summed E-state index contributed by atoms with van der Waals surface area (Å²) in [6.45, 7) is -4.00. The Balaban J connectivity index is 3.29. The third kappa shape index (κ3) is 9.97. The van der Waals surface area contributed by atoms with Gasteiger partial charge >= 0.3 is 12.8 Å². The highest BCUT2D eigenvalue weighted by Crippen LogP contribution is 2.50. The number of carboxylic acid groups (broad SMARTS) is 1. The second-order valence-corrected chi connectivity index (χ2v) is 5.67. The van der Waals surface area contributed by atoms with Crippen LogP contribution in [0.4, 0.5) is 0 Å². The lowest BCUT2D eigenvalue weighted by atomic mass is 10.3. The highest BCUT2D eigenvalue weighted by Gasteiger charge is 2.12. The predicted molar refractivity (Wildman–Crippen MR) is 41.4 cm³/mol. The van der Waals surface area contributed by atoms with Crippen LogP contribution in [0.25, 0.3) is 0 Å². The molecule has 0 saturated heterocycles. The largest absolute Gasteiger partial charge is 0.481 e. The Bertz CT molecular complexity index is 175. The maximum Gasteiger partial charge on any atom is 0.383 e. The van der Waals surface area contributed by atoms with Crippen molar-refractivity contribution in [1.82, 2.24) is 0 Å². The fraction of sp³-hybridized carbons (Fsp3) is 0.750. The van der Waals surface area contributed by atoms with E-state index < -0.39 is 12.8 Å². The number of hydrogen-bond acceptors (Lipinski definition) is 3. The first-order valence-corrected chi connectivity index (χ1v) is 6.04. The summed E-state index contributed by atoms with van der Waals surface area (Å²) in [6, 6.07) is 0. The van der Waals surface area contributed by atoms with Crippen molar-refractivity contribution in [3.63, 3.8) is 0 Å². The van der Waals surface area contributed by atoms with Crippen LogP contribution in [0.5, 0.6) is 0 Å². The molecule has 0 aromatic carbocycles. The van der Waals surface area contributed by atoms with E-state index in [0.717, 1.165) is 0 Å². The molecule has 0 aliphatic carbocycles. The van der Waals surface area contributed by atoms with Crippen molar-refractivity contribution in [1.29, 1.82) is 0 Å². The molecule has 11 heavy (non-hydrogen) atoms. The van der Waals surface area contributed by atoms with Gasteiger partial charge < -0.3 is 14.9 Å². The standard InChI is InChI=1S/C4H9O5PS/c5-4(6)2-1-3-11-10(7,8)9/h1-3H2,(H,5,6)(H2,7,8,9). The summed E-state index contributed by atoms with van der Waals surface area (Å²) in [4.78, 5) is 26.5. The Morgan fingerprint density at radius 2 is 2.00 bits per heavy atom. The molecule has 0 spiro atoms. The third-order valence-corrected chi connectivity index (χ3v) is 3.16. The molecule has 0 amide bonds. The highest BCUT2D eigenvalue weighted by atomic mass is 32.7. The highest BCUT2D eigenvalue weighted by molar-refractivity contribution is 8.54. The summed E-state index contributed by atoms with van der Waals surface area (Å²) in [6.07, 6.45) is 0.234. The fourth-order valence-electron chi connectivity index (χ4n) is 0.407. The summed E-state index contributed by atoms with van der Waals surface area (Å²) in [5.41, 5.74) is 0. The van der Waals surface area contributed by atoms with Gasteiger partial charge in [0.15, 0.2) is 0 Å². The van der Waals surface area contributed by atoms with Crippen molar-refractivity contribution in [2.24, 2.45) is 0 Å². The molecular formula is C4H9O5PS. The van der Waals surface area contributed by atoms with Crippen LogP contribution < -0.4 is 0 Å². The van der Waals surface area contributed by atoms with Crippen LogP contribution in [-0.4, -0.2) is 26.6 Å². The maximum atomic E-state index is 10.2. The van der Waals surface area contributed by atoms with Crippen molar-refractivity contribution >= 4 is 24.1 Å². The van der Waals surface area contributed by atoms with E-state index in [2.05, 4.69) is 0 Å². The van der Waals surface area contributed by atoms with Crippen molar-refractivity contribution in [3.8, 4) is 0 Å². The van der Waals surface area contributed by atoms with E-state index in [-0.39, 0.29) is 18.6 Å². The van der Waals surface area contributed by atoms with E-state index in [4.69, 9.17) is 14.9 Å².